The second kappa shape index (κ2) is 7.78. The van der Waals surface area contributed by atoms with Gasteiger partial charge in [0, 0.05) is 35.7 Å². The second-order valence-corrected chi connectivity index (χ2v) is 8.17. The van der Waals surface area contributed by atoms with Crippen LogP contribution >= 0.6 is 11.6 Å². The van der Waals surface area contributed by atoms with Crippen LogP contribution in [0.5, 0.6) is 0 Å². The number of allylic oxidation sites excluding steroid dienone is 1. The standard InChI is InChI=1S/C20H23ClN6O2/c21-14-3-1-12(2-4-14)9-17-24-20(29-26-17)15-11-23-27-16(10-18(28)25-19(15)27)13-5-7-22-8-6-13/h1-4,10,13,15,19,22-23H,5-9,11H2,(H,25,28). The van der Waals surface area contributed by atoms with Gasteiger partial charge in [0.2, 0.25) is 11.8 Å². The molecule has 2 fully saturated rings. The predicted molar refractivity (Wildman–Crippen MR) is 107 cm³/mol. The van der Waals surface area contributed by atoms with Gasteiger partial charge in [-0.2, -0.15) is 4.98 Å². The Morgan fingerprint density at radius 3 is 2.79 bits per heavy atom. The molecular weight excluding hydrogens is 392 g/mol. The van der Waals surface area contributed by atoms with Gasteiger partial charge in [0.05, 0.1) is 5.92 Å². The Balaban J connectivity index is 1.33. The lowest BCUT2D eigenvalue weighted by Gasteiger charge is -2.38. The largest absolute Gasteiger partial charge is 0.339 e. The number of nitrogens with one attached hydrogen (secondary N) is 3. The van der Waals surface area contributed by atoms with E-state index < -0.39 is 0 Å². The fourth-order valence-electron chi connectivity index (χ4n) is 4.32. The highest BCUT2D eigenvalue weighted by Gasteiger charge is 2.44. The van der Waals surface area contributed by atoms with Crippen molar-refractivity contribution in [2.45, 2.75) is 31.3 Å². The normalized spacial score (nSPS) is 24.9. The minimum atomic E-state index is -0.221. The molecule has 4 heterocycles. The Morgan fingerprint density at radius 1 is 1.21 bits per heavy atom. The van der Waals surface area contributed by atoms with Gasteiger partial charge in [-0.1, -0.05) is 28.9 Å². The molecule has 0 saturated carbocycles. The lowest BCUT2D eigenvalue weighted by Crippen LogP contribution is -2.53. The van der Waals surface area contributed by atoms with Gasteiger partial charge in [0.25, 0.3) is 0 Å². The summed E-state index contributed by atoms with van der Waals surface area (Å²) in [6.07, 6.45) is 4.13. The van der Waals surface area contributed by atoms with Crippen molar-refractivity contribution in [2.75, 3.05) is 19.6 Å². The van der Waals surface area contributed by atoms with Gasteiger partial charge in [0.15, 0.2) is 5.82 Å². The van der Waals surface area contributed by atoms with Crippen molar-refractivity contribution in [1.29, 1.82) is 0 Å². The molecule has 0 bridgehead atoms. The van der Waals surface area contributed by atoms with E-state index in [1.807, 2.05) is 24.3 Å². The number of piperidine rings is 1. The molecule has 0 radical (unpaired) electrons. The summed E-state index contributed by atoms with van der Waals surface area (Å²) in [6.45, 7) is 2.59. The lowest BCUT2D eigenvalue weighted by molar-refractivity contribution is -0.119. The third kappa shape index (κ3) is 3.75. The number of nitrogens with zero attached hydrogens (tertiary/aromatic N) is 3. The topological polar surface area (TPSA) is 95.3 Å². The maximum atomic E-state index is 12.4. The summed E-state index contributed by atoms with van der Waals surface area (Å²) in [4.78, 5) is 17.0. The van der Waals surface area contributed by atoms with E-state index in [1.54, 1.807) is 6.08 Å². The molecule has 3 aliphatic rings. The molecule has 2 saturated heterocycles. The smallest absolute Gasteiger partial charge is 0.247 e. The molecule has 0 aliphatic carbocycles. The maximum absolute atomic E-state index is 12.4. The van der Waals surface area contributed by atoms with Gasteiger partial charge in [-0.3, -0.25) is 9.80 Å². The Labute approximate surface area is 173 Å². The van der Waals surface area contributed by atoms with Gasteiger partial charge >= 0.3 is 0 Å². The SMILES string of the molecule is O=C1C=C(C2CCNCC2)N2NCC(c3nc(Cc4ccc(Cl)cc4)no3)C2N1. The second-order valence-electron chi connectivity index (χ2n) is 7.74. The van der Waals surface area contributed by atoms with Crippen LogP contribution in [-0.2, 0) is 11.2 Å². The van der Waals surface area contributed by atoms with Crippen molar-refractivity contribution < 1.29 is 9.32 Å². The first kappa shape index (κ1) is 18.6. The van der Waals surface area contributed by atoms with Gasteiger partial charge in [0.1, 0.15) is 6.17 Å². The van der Waals surface area contributed by atoms with Crippen molar-refractivity contribution in [1.82, 2.24) is 31.2 Å². The van der Waals surface area contributed by atoms with E-state index in [-0.39, 0.29) is 18.0 Å². The number of hydrogen-bond acceptors (Lipinski definition) is 7. The molecule has 1 amide bonds. The molecule has 0 spiro atoms. The van der Waals surface area contributed by atoms with Crippen molar-refractivity contribution >= 4 is 17.5 Å². The Bertz CT molecular complexity index is 921. The Kier molecular flexibility index (Phi) is 4.99. The molecule has 2 aromatic rings. The first-order valence-electron chi connectivity index (χ1n) is 10.00. The summed E-state index contributed by atoms with van der Waals surface area (Å²) in [6, 6.07) is 7.61. The zero-order valence-electron chi connectivity index (χ0n) is 15.9. The van der Waals surface area contributed by atoms with E-state index in [1.165, 1.54) is 0 Å². The van der Waals surface area contributed by atoms with Gasteiger partial charge in [-0.05, 0) is 43.6 Å². The highest BCUT2D eigenvalue weighted by molar-refractivity contribution is 6.30. The molecule has 1 aromatic heterocycles. The van der Waals surface area contributed by atoms with E-state index in [2.05, 4.69) is 31.2 Å². The van der Waals surface area contributed by atoms with E-state index in [9.17, 15) is 4.79 Å². The Hall–Kier alpha value is -2.42. The van der Waals surface area contributed by atoms with Crippen LogP contribution in [0.25, 0.3) is 0 Å². The van der Waals surface area contributed by atoms with E-state index in [0.717, 1.165) is 37.2 Å². The van der Waals surface area contributed by atoms with Crippen molar-refractivity contribution in [3.8, 4) is 0 Å². The van der Waals surface area contributed by atoms with Crippen LogP contribution < -0.4 is 16.1 Å². The molecule has 29 heavy (non-hydrogen) atoms. The highest BCUT2D eigenvalue weighted by atomic mass is 35.5. The summed E-state index contributed by atoms with van der Waals surface area (Å²) in [5.41, 5.74) is 5.55. The van der Waals surface area contributed by atoms with Gasteiger partial charge < -0.3 is 15.2 Å². The minimum absolute atomic E-state index is 0.0608. The number of carbonyl (C=O) groups excluding carboxylic acids is 1. The van der Waals surface area contributed by atoms with Crippen LogP contribution in [0.3, 0.4) is 0 Å². The number of halogens is 1. The quantitative estimate of drug-likeness (QED) is 0.698. The number of rotatable bonds is 4. The summed E-state index contributed by atoms with van der Waals surface area (Å²) < 4.78 is 5.57. The average Bonchev–Trinajstić information content (AvgIpc) is 3.36. The monoisotopic (exact) mass is 414 g/mol. The molecular formula is C20H23ClN6O2. The van der Waals surface area contributed by atoms with Crippen LogP contribution in [0, 0.1) is 5.92 Å². The van der Waals surface area contributed by atoms with Crippen molar-refractivity contribution in [3.05, 3.63) is 58.3 Å². The summed E-state index contributed by atoms with van der Waals surface area (Å²) in [5, 5.41) is 13.4. The van der Waals surface area contributed by atoms with E-state index in [4.69, 9.17) is 16.1 Å². The molecule has 152 valence electrons. The summed E-state index contributed by atoms with van der Waals surface area (Å²) in [7, 11) is 0. The van der Waals surface area contributed by atoms with Crippen molar-refractivity contribution in [3.63, 3.8) is 0 Å². The fraction of sp³-hybridized carbons (Fsp3) is 0.450. The van der Waals surface area contributed by atoms with Crippen LogP contribution in [0.1, 0.15) is 36.0 Å². The van der Waals surface area contributed by atoms with Crippen LogP contribution in [0.2, 0.25) is 5.02 Å². The summed E-state index contributed by atoms with van der Waals surface area (Å²) >= 11 is 5.95. The van der Waals surface area contributed by atoms with E-state index in [0.29, 0.717) is 35.6 Å². The number of amides is 1. The molecule has 2 atom stereocenters. The average molecular weight is 415 g/mol. The molecule has 9 heteroatoms. The van der Waals surface area contributed by atoms with Crippen LogP contribution in [0.4, 0.5) is 0 Å². The molecule has 3 aliphatic heterocycles. The molecule has 3 N–H and O–H groups in total. The number of hydrazine groups is 1. The van der Waals surface area contributed by atoms with Crippen LogP contribution in [-0.4, -0.2) is 46.9 Å². The zero-order valence-corrected chi connectivity index (χ0v) is 16.7. The molecule has 8 nitrogen and oxygen atoms in total. The number of carbonyl (C=O) groups is 1. The first-order valence-corrected chi connectivity index (χ1v) is 10.4. The zero-order chi connectivity index (χ0) is 19.8. The van der Waals surface area contributed by atoms with Gasteiger partial charge in [-0.25, -0.2) is 5.43 Å². The third-order valence-corrected chi connectivity index (χ3v) is 6.07. The highest BCUT2D eigenvalue weighted by Crippen LogP contribution is 2.34. The lowest BCUT2D eigenvalue weighted by atomic mass is 9.92. The van der Waals surface area contributed by atoms with Crippen molar-refractivity contribution in [2.24, 2.45) is 5.92 Å². The van der Waals surface area contributed by atoms with Crippen LogP contribution in [0.15, 0.2) is 40.6 Å². The number of fused-ring (bicyclic) bond motifs is 1. The number of benzene rings is 1. The first-order chi connectivity index (χ1) is 14.2. The third-order valence-electron chi connectivity index (χ3n) is 5.82. The fourth-order valence-corrected chi connectivity index (χ4v) is 4.45. The number of hydrogen-bond donors (Lipinski definition) is 3. The predicted octanol–water partition coefficient (Wildman–Crippen LogP) is 1.56. The number of aromatic nitrogens is 2. The molecule has 2 unspecified atom stereocenters. The molecule has 5 rings (SSSR count). The summed E-state index contributed by atoms with van der Waals surface area (Å²) in [5.74, 6) is 1.38. The minimum Gasteiger partial charge on any atom is -0.339 e. The van der Waals surface area contributed by atoms with Gasteiger partial charge in [-0.15, -0.1) is 0 Å². The van der Waals surface area contributed by atoms with E-state index >= 15 is 0 Å². The Morgan fingerprint density at radius 2 is 2.00 bits per heavy atom. The maximum Gasteiger partial charge on any atom is 0.247 e. The molecule has 1 aromatic carbocycles.